The zero-order chi connectivity index (χ0) is 14.7. The first-order chi connectivity index (χ1) is 10.2. The highest BCUT2D eigenvalue weighted by atomic mass is 32.1. The summed E-state index contributed by atoms with van der Waals surface area (Å²) in [6.45, 7) is 1.58. The Bertz CT molecular complexity index is 765. The van der Waals surface area contributed by atoms with Crippen molar-refractivity contribution in [2.75, 3.05) is 5.32 Å². The molecule has 0 spiro atoms. The zero-order valence-electron chi connectivity index (χ0n) is 11.5. The highest BCUT2D eigenvalue weighted by Gasteiger charge is 2.11. The van der Waals surface area contributed by atoms with Crippen molar-refractivity contribution >= 4 is 27.9 Å². The van der Waals surface area contributed by atoms with Gasteiger partial charge in [-0.25, -0.2) is 4.98 Å². The Morgan fingerprint density at radius 3 is 2.52 bits per heavy atom. The van der Waals surface area contributed by atoms with Crippen molar-refractivity contribution in [3.8, 4) is 11.3 Å². The van der Waals surface area contributed by atoms with Gasteiger partial charge in [-0.15, -0.1) is 11.3 Å². The molecule has 0 aliphatic heterocycles. The van der Waals surface area contributed by atoms with Gasteiger partial charge in [0, 0.05) is 22.2 Å². The van der Waals surface area contributed by atoms with E-state index in [2.05, 4.69) is 10.3 Å². The van der Waals surface area contributed by atoms with E-state index >= 15 is 0 Å². The Hall–Kier alpha value is -2.46. The number of carbonyl (C=O) groups is 1. The van der Waals surface area contributed by atoms with E-state index < -0.39 is 0 Å². The smallest absolute Gasteiger partial charge is 0.187 e. The van der Waals surface area contributed by atoms with Crippen LogP contribution >= 0.6 is 11.3 Å². The van der Waals surface area contributed by atoms with E-state index in [0.717, 1.165) is 22.1 Å². The summed E-state index contributed by atoms with van der Waals surface area (Å²) in [5.74, 6) is 0.0520. The number of nitrogens with one attached hydrogen (secondary N) is 1. The summed E-state index contributed by atoms with van der Waals surface area (Å²) < 4.78 is 0. The lowest BCUT2D eigenvalue weighted by atomic mass is 10.0. The van der Waals surface area contributed by atoms with Gasteiger partial charge in [0.2, 0.25) is 0 Å². The molecule has 3 aromatic rings. The van der Waals surface area contributed by atoms with E-state index in [9.17, 15) is 4.79 Å². The van der Waals surface area contributed by atoms with Crippen LogP contribution in [0.3, 0.4) is 0 Å². The molecule has 2 aromatic carbocycles. The lowest BCUT2D eigenvalue weighted by Gasteiger charge is -2.04. The Morgan fingerprint density at radius 1 is 1.05 bits per heavy atom. The molecule has 0 saturated carbocycles. The second-order valence-electron chi connectivity index (χ2n) is 4.63. The molecule has 21 heavy (non-hydrogen) atoms. The van der Waals surface area contributed by atoms with Crippen molar-refractivity contribution in [1.82, 2.24) is 4.98 Å². The normalized spacial score (nSPS) is 10.3. The summed E-state index contributed by atoms with van der Waals surface area (Å²) in [6, 6.07) is 17.5. The van der Waals surface area contributed by atoms with Crippen LogP contribution in [0.25, 0.3) is 11.3 Å². The number of para-hydroxylation sites is 1. The van der Waals surface area contributed by atoms with Gasteiger partial charge in [0.25, 0.3) is 0 Å². The van der Waals surface area contributed by atoms with Gasteiger partial charge in [0.05, 0.1) is 5.69 Å². The monoisotopic (exact) mass is 294 g/mol. The first kappa shape index (κ1) is 13.5. The van der Waals surface area contributed by atoms with Crippen LogP contribution in [-0.2, 0) is 0 Å². The van der Waals surface area contributed by atoms with Gasteiger partial charge in [0.1, 0.15) is 0 Å². The predicted octanol–water partition coefficient (Wildman–Crippen LogP) is 4.76. The number of carbonyl (C=O) groups excluding carboxylic acids is 1. The summed E-state index contributed by atoms with van der Waals surface area (Å²) in [7, 11) is 0. The molecular weight excluding hydrogens is 280 g/mol. The molecule has 0 aliphatic rings. The first-order valence-corrected chi connectivity index (χ1v) is 7.50. The van der Waals surface area contributed by atoms with Crippen LogP contribution in [0.2, 0.25) is 0 Å². The number of aromatic nitrogens is 1. The quantitative estimate of drug-likeness (QED) is 0.706. The van der Waals surface area contributed by atoms with E-state index in [0.29, 0.717) is 5.56 Å². The number of rotatable bonds is 4. The maximum absolute atomic E-state index is 11.7. The second-order valence-corrected chi connectivity index (χ2v) is 5.49. The van der Waals surface area contributed by atoms with Gasteiger partial charge in [-0.05, 0) is 19.1 Å². The van der Waals surface area contributed by atoms with Crippen molar-refractivity contribution in [2.45, 2.75) is 6.92 Å². The minimum atomic E-state index is 0.0520. The van der Waals surface area contributed by atoms with Crippen molar-refractivity contribution in [2.24, 2.45) is 0 Å². The minimum absolute atomic E-state index is 0.0520. The maximum atomic E-state index is 11.7. The molecule has 1 heterocycles. The van der Waals surface area contributed by atoms with Gasteiger partial charge in [-0.1, -0.05) is 42.5 Å². The minimum Gasteiger partial charge on any atom is -0.332 e. The molecular formula is C17H14N2OS. The Kier molecular flexibility index (Phi) is 3.79. The fraction of sp³-hybridized carbons (Fsp3) is 0.0588. The number of anilines is 2. The third kappa shape index (κ3) is 3.01. The van der Waals surface area contributed by atoms with Crippen molar-refractivity contribution in [3.63, 3.8) is 0 Å². The van der Waals surface area contributed by atoms with Crippen LogP contribution < -0.4 is 5.32 Å². The Morgan fingerprint density at radius 2 is 1.76 bits per heavy atom. The summed E-state index contributed by atoms with van der Waals surface area (Å²) in [4.78, 5) is 16.3. The molecule has 1 N–H and O–H groups in total. The van der Waals surface area contributed by atoms with Crippen LogP contribution in [0.1, 0.15) is 17.3 Å². The van der Waals surface area contributed by atoms with Gasteiger partial charge in [0.15, 0.2) is 10.9 Å². The third-order valence-electron chi connectivity index (χ3n) is 3.11. The Labute approximate surface area is 127 Å². The number of benzene rings is 2. The maximum Gasteiger partial charge on any atom is 0.187 e. The molecule has 3 nitrogen and oxygen atoms in total. The lowest BCUT2D eigenvalue weighted by Crippen LogP contribution is -1.96. The molecule has 0 aliphatic carbocycles. The topological polar surface area (TPSA) is 42.0 Å². The largest absolute Gasteiger partial charge is 0.332 e. The number of hydrogen-bond donors (Lipinski definition) is 1. The van der Waals surface area contributed by atoms with Crippen molar-refractivity contribution < 1.29 is 4.79 Å². The van der Waals surface area contributed by atoms with Crippen LogP contribution in [0.5, 0.6) is 0 Å². The van der Waals surface area contributed by atoms with Crippen molar-refractivity contribution in [1.29, 1.82) is 0 Å². The summed E-state index contributed by atoms with van der Waals surface area (Å²) in [5, 5.41) is 6.04. The fourth-order valence-corrected chi connectivity index (χ4v) is 2.84. The van der Waals surface area contributed by atoms with Gasteiger partial charge < -0.3 is 5.32 Å². The van der Waals surface area contributed by atoms with Crippen molar-refractivity contribution in [3.05, 3.63) is 65.5 Å². The average Bonchev–Trinajstić information content (AvgIpc) is 2.96. The average molecular weight is 294 g/mol. The van der Waals surface area contributed by atoms with E-state index in [1.54, 1.807) is 6.92 Å². The molecule has 4 heteroatoms. The molecule has 1 aromatic heterocycles. The number of Topliss-reactive ketones (excluding diaryl/α,β-unsaturated/α-hetero) is 1. The van der Waals surface area contributed by atoms with E-state index in [-0.39, 0.29) is 5.78 Å². The number of ketones is 1. The Balaban J connectivity index is 1.90. The zero-order valence-corrected chi connectivity index (χ0v) is 12.4. The highest BCUT2D eigenvalue weighted by Crippen LogP contribution is 2.29. The van der Waals surface area contributed by atoms with Crippen LogP contribution in [0.4, 0.5) is 10.8 Å². The lowest BCUT2D eigenvalue weighted by molar-refractivity contribution is 0.101. The summed E-state index contributed by atoms with van der Waals surface area (Å²) >= 11 is 1.53. The molecule has 0 saturated heterocycles. The summed E-state index contributed by atoms with van der Waals surface area (Å²) in [6.07, 6.45) is 0. The first-order valence-electron chi connectivity index (χ1n) is 6.62. The van der Waals surface area contributed by atoms with E-state index in [4.69, 9.17) is 0 Å². The SMILES string of the molecule is CC(=O)c1ccccc1-c1csc(Nc2ccccc2)n1. The van der Waals surface area contributed by atoms with Gasteiger partial charge in [-0.3, -0.25) is 4.79 Å². The van der Waals surface area contributed by atoms with Crippen LogP contribution in [-0.4, -0.2) is 10.8 Å². The van der Waals surface area contributed by atoms with E-state index in [1.165, 1.54) is 11.3 Å². The van der Waals surface area contributed by atoms with Gasteiger partial charge >= 0.3 is 0 Å². The number of hydrogen-bond acceptors (Lipinski definition) is 4. The standard InChI is InChI=1S/C17H14N2OS/c1-12(20)14-9-5-6-10-15(14)16-11-21-17(19-16)18-13-7-3-2-4-8-13/h2-11H,1H3,(H,18,19). The second kappa shape index (κ2) is 5.89. The molecule has 0 radical (unpaired) electrons. The van der Waals surface area contributed by atoms with E-state index in [1.807, 2.05) is 60.0 Å². The molecule has 0 bridgehead atoms. The third-order valence-corrected chi connectivity index (χ3v) is 3.87. The fourth-order valence-electron chi connectivity index (χ4n) is 2.11. The molecule has 0 unspecified atom stereocenters. The molecule has 104 valence electrons. The van der Waals surface area contributed by atoms with Gasteiger partial charge in [-0.2, -0.15) is 0 Å². The molecule has 0 fully saturated rings. The van der Waals surface area contributed by atoms with Crippen LogP contribution in [0, 0.1) is 0 Å². The predicted molar refractivity (Wildman–Crippen MR) is 87.3 cm³/mol. The summed E-state index contributed by atoms with van der Waals surface area (Å²) in [5.41, 5.74) is 3.40. The molecule has 0 atom stereocenters. The molecule has 0 amide bonds. The number of thiazole rings is 1. The van der Waals surface area contributed by atoms with Crippen LogP contribution in [0.15, 0.2) is 60.0 Å². The molecule has 3 rings (SSSR count). The highest BCUT2D eigenvalue weighted by molar-refractivity contribution is 7.14. The number of nitrogens with zero attached hydrogens (tertiary/aromatic N) is 1.